The van der Waals surface area contributed by atoms with Crippen LogP contribution < -0.4 is 10.1 Å². The first kappa shape index (κ1) is 8.42. The largest absolute Gasteiger partial charge is 0.496 e. The van der Waals surface area contributed by atoms with E-state index < -0.39 is 0 Å². The molecule has 0 spiro atoms. The maximum Gasteiger partial charge on any atom is 0.124 e. The molecule has 0 aromatic heterocycles. The molecule has 13 heavy (non-hydrogen) atoms. The highest BCUT2D eigenvalue weighted by molar-refractivity contribution is 5.66. The number of rotatable bonds is 2. The quantitative estimate of drug-likeness (QED) is 0.748. The highest BCUT2D eigenvalue weighted by Gasteiger charge is 2.17. The third-order valence-electron chi connectivity index (χ3n) is 2.63. The van der Waals surface area contributed by atoms with Gasteiger partial charge in [0.1, 0.15) is 5.75 Å². The fourth-order valence-electron chi connectivity index (χ4n) is 1.94. The van der Waals surface area contributed by atoms with E-state index >= 15 is 0 Å². The Balaban J connectivity index is 2.52. The molecule has 2 nitrogen and oxygen atoms in total. The van der Waals surface area contributed by atoms with Crippen LogP contribution in [0.1, 0.15) is 18.1 Å². The lowest BCUT2D eigenvalue weighted by molar-refractivity contribution is 0.411. The molecule has 2 heteroatoms. The highest BCUT2D eigenvalue weighted by Crippen LogP contribution is 2.34. The summed E-state index contributed by atoms with van der Waals surface area (Å²) in [4.78, 5) is 0. The van der Waals surface area contributed by atoms with E-state index in [1.807, 2.05) is 0 Å². The van der Waals surface area contributed by atoms with Crippen LogP contribution in [0.15, 0.2) is 12.1 Å². The van der Waals surface area contributed by atoms with Crippen molar-refractivity contribution in [1.82, 2.24) is 0 Å². The fourth-order valence-corrected chi connectivity index (χ4v) is 1.94. The van der Waals surface area contributed by atoms with Crippen molar-refractivity contribution in [3.8, 4) is 5.75 Å². The van der Waals surface area contributed by atoms with Gasteiger partial charge in [-0.2, -0.15) is 0 Å². The van der Waals surface area contributed by atoms with Crippen molar-refractivity contribution >= 4 is 5.69 Å². The van der Waals surface area contributed by atoms with Crippen LogP contribution in [-0.2, 0) is 12.8 Å². The van der Waals surface area contributed by atoms with Crippen LogP contribution in [0.2, 0.25) is 0 Å². The second-order valence-corrected chi connectivity index (χ2v) is 3.31. The van der Waals surface area contributed by atoms with Crippen molar-refractivity contribution in [3.63, 3.8) is 0 Å². The van der Waals surface area contributed by atoms with E-state index in [0.717, 1.165) is 25.1 Å². The molecular formula is C11H15NO. The second kappa shape index (κ2) is 3.29. The predicted molar refractivity (Wildman–Crippen MR) is 54.6 cm³/mol. The molecule has 2 rings (SSSR count). The summed E-state index contributed by atoms with van der Waals surface area (Å²) >= 11 is 0. The third kappa shape index (κ3) is 1.26. The van der Waals surface area contributed by atoms with E-state index in [1.165, 1.54) is 16.8 Å². The Hall–Kier alpha value is -1.18. The number of aryl methyl sites for hydroxylation is 1. The smallest absolute Gasteiger partial charge is 0.124 e. The zero-order chi connectivity index (χ0) is 9.26. The van der Waals surface area contributed by atoms with Crippen molar-refractivity contribution in [2.24, 2.45) is 0 Å². The molecule has 0 unspecified atom stereocenters. The van der Waals surface area contributed by atoms with Gasteiger partial charge in [-0.15, -0.1) is 0 Å². The van der Waals surface area contributed by atoms with Crippen LogP contribution in [0.5, 0.6) is 5.75 Å². The Labute approximate surface area is 78.9 Å². The number of hydrogen-bond donors (Lipinski definition) is 1. The van der Waals surface area contributed by atoms with Gasteiger partial charge in [-0.25, -0.2) is 0 Å². The standard InChI is InChI=1S/C11H15NO/c1-3-8-4-5-10(13-2)9-6-7-12-11(8)9/h4-5,12H,3,6-7H2,1-2H3. The molecule has 1 aliphatic heterocycles. The number of hydrogen-bond acceptors (Lipinski definition) is 2. The molecule has 0 atom stereocenters. The van der Waals surface area contributed by atoms with Gasteiger partial charge in [0, 0.05) is 17.8 Å². The maximum absolute atomic E-state index is 5.32. The zero-order valence-electron chi connectivity index (χ0n) is 8.18. The summed E-state index contributed by atoms with van der Waals surface area (Å²) in [6.45, 7) is 3.23. The van der Waals surface area contributed by atoms with Gasteiger partial charge in [-0.3, -0.25) is 0 Å². The first-order valence-electron chi connectivity index (χ1n) is 4.79. The summed E-state index contributed by atoms with van der Waals surface area (Å²) in [7, 11) is 1.74. The molecule has 70 valence electrons. The average molecular weight is 177 g/mol. The van der Waals surface area contributed by atoms with Crippen molar-refractivity contribution in [1.29, 1.82) is 0 Å². The average Bonchev–Trinajstić information content (AvgIpc) is 2.64. The van der Waals surface area contributed by atoms with Gasteiger partial charge >= 0.3 is 0 Å². The second-order valence-electron chi connectivity index (χ2n) is 3.31. The summed E-state index contributed by atoms with van der Waals surface area (Å²) in [6.07, 6.45) is 2.17. The number of anilines is 1. The van der Waals surface area contributed by atoms with E-state index in [9.17, 15) is 0 Å². The van der Waals surface area contributed by atoms with Gasteiger partial charge in [0.05, 0.1) is 7.11 Å². The number of fused-ring (bicyclic) bond motifs is 1. The zero-order valence-corrected chi connectivity index (χ0v) is 8.18. The summed E-state index contributed by atoms with van der Waals surface area (Å²) in [5, 5.41) is 3.41. The van der Waals surface area contributed by atoms with Crippen molar-refractivity contribution in [3.05, 3.63) is 23.3 Å². The first-order valence-corrected chi connectivity index (χ1v) is 4.79. The van der Waals surface area contributed by atoms with Crippen molar-refractivity contribution in [2.75, 3.05) is 19.0 Å². The Morgan fingerprint density at radius 2 is 2.31 bits per heavy atom. The summed E-state index contributed by atoms with van der Waals surface area (Å²) in [6, 6.07) is 4.22. The molecule has 0 fully saturated rings. The monoisotopic (exact) mass is 177 g/mol. The van der Waals surface area contributed by atoms with Crippen LogP contribution in [0, 0.1) is 0 Å². The maximum atomic E-state index is 5.32. The Bertz CT molecular complexity index is 289. The highest BCUT2D eigenvalue weighted by atomic mass is 16.5. The van der Waals surface area contributed by atoms with Gasteiger partial charge in [0.2, 0.25) is 0 Å². The lowest BCUT2D eigenvalue weighted by Gasteiger charge is -2.10. The lowest BCUT2D eigenvalue weighted by Crippen LogP contribution is -1.95. The van der Waals surface area contributed by atoms with E-state index in [4.69, 9.17) is 4.74 Å². The first-order chi connectivity index (χ1) is 6.36. The Kier molecular flexibility index (Phi) is 2.13. The molecule has 0 amide bonds. The predicted octanol–water partition coefficient (Wildman–Crippen LogP) is 2.23. The number of methoxy groups -OCH3 is 1. The molecule has 0 bridgehead atoms. The van der Waals surface area contributed by atoms with Crippen molar-refractivity contribution in [2.45, 2.75) is 19.8 Å². The molecule has 1 heterocycles. The minimum atomic E-state index is 1.03. The lowest BCUT2D eigenvalue weighted by atomic mass is 10.0. The molecule has 1 aromatic carbocycles. The number of benzene rings is 1. The molecule has 0 radical (unpaired) electrons. The van der Waals surface area contributed by atoms with E-state index in [-0.39, 0.29) is 0 Å². The fraction of sp³-hybridized carbons (Fsp3) is 0.455. The van der Waals surface area contributed by atoms with Crippen LogP contribution in [-0.4, -0.2) is 13.7 Å². The number of ether oxygens (including phenoxy) is 1. The van der Waals surface area contributed by atoms with Gasteiger partial charge in [0.15, 0.2) is 0 Å². The molecule has 1 aromatic rings. The normalized spacial score (nSPS) is 13.7. The molecule has 1 aliphatic rings. The molecule has 0 saturated heterocycles. The van der Waals surface area contributed by atoms with E-state index in [0.29, 0.717) is 0 Å². The van der Waals surface area contributed by atoms with Gasteiger partial charge < -0.3 is 10.1 Å². The van der Waals surface area contributed by atoms with E-state index in [1.54, 1.807) is 7.11 Å². The van der Waals surface area contributed by atoms with Crippen LogP contribution in [0.25, 0.3) is 0 Å². The van der Waals surface area contributed by atoms with Crippen LogP contribution >= 0.6 is 0 Å². The van der Waals surface area contributed by atoms with Gasteiger partial charge in [0.25, 0.3) is 0 Å². The Morgan fingerprint density at radius 3 is 3.00 bits per heavy atom. The van der Waals surface area contributed by atoms with E-state index in [2.05, 4.69) is 24.4 Å². The number of nitrogens with one attached hydrogen (secondary N) is 1. The minimum absolute atomic E-state index is 1.03. The molecule has 1 N–H and O–H groups in total. The van der Waals surface area contributed by atoms with Gasteiger partial charge in [-0.05, 0) is 24.5 Å². The Morgan fingerprint density at radius 1 is 1.46 bits per heavy atom. The van der Waals surface area contributed by atoms with Crippen LogP contribution in [0.4, 0.5) is 5.69 Å². The van der Waals surface area contributed by atoms with Crippen LogP contribution in [0.3, 0.4) is 0 Å². The SMILES string of the molecule is CCc1ccc(OC)c2c1NCC2. The third-order valence-corrected chi connectivity index (χ3v) is 2.63. The molecular weight excluding hydrogens is 162 g/mol. The summed E-state index contributed by atoms with van der Waals surface area (Å²) in [5.74, 6) is 1.03. The van der Waals surface area contributed by atoms with Crippen molar-refractivity contribution < 1.29 is 4.74 Å². The van der Waals surface area contributed by atoms with Gasteiger partial charge in [-0.1, -0.05) is 13.0 Å². The topological polar surface area (TPSA) is 21.3 Å². The molecule has 0 saturated carbocycles. The summed E-state index contributed by atoms with van der Waals surface area (Å²) < 4.78 is 5.32. The minimum Gasteiger partial charge on any atom is -0.496 e. The molecule has 0 aliphatic carbocycles. The summed E-state index contributed by atoms with van der Waals surface area (Å²) in [5.41, 5.74) is 4.05.